The number of benzene rings is 1. The van der Waals surface area contributed by atoms with E-state index in [1.165, 1.54) is 4.70 Å². The molecule has 2 aromatic rings. The van der Waals surface area contributed by atoms with Crippen LogP contribution < -0.4 is 0 Å². The molecule has 1 aromatic heterocycles. The summed E-state index contributed by atoms with van der Waals surface area (Å²) in [4.78, 5) is 4.39. The van der Waals surface area contributed by atoms with Gasteiger partial charge in [0.25, 0.3) is 0 Å². The van der Waals surface area contributed by atoms with Gasteiger partial charge in [-0.1, -0.05) is 47.6 Å². The molecule has 12 heteroatoms. The van der Waals surface area contributed by atoms with Crippen LogP contribution in [-0.4, -0.2) is 75.0 Å². The van der Waals surface area contributed by atoms with Gasteiger partial charge in [0.05, 0.1) is 25.5 Å². The molecule has 178 valence electrons. The zero-order valence-corrected chi connectivity index (χ0v) is 24.0. The predicted molar refractivity (Wildman–Crippen MR) is 137 cm³/mol. The predicted octanol–water partition coefficient (Wildman–Crippen LogP) is 5.06. The molecule has 1 heterocycles. The van der Waals surface area contributed by atoms with Crippen LogP contribution in [-0.2, 0) is 26.6 Å². The van der Waals surface area contributed by atoms with E-state index in [9.17, 15) is 0 Å². The highest BCUT2D eigenvalue weighted by Crippen LogP contribution is 2.42. The molecule has 7 nitrogen and oxygen atoms in total. The highest BCUT2D eigenvalue weighted by atomic mass is 33.1. The maximum atomic E-state index is 5.60. The van der Waals surface area contributed by atoms with E-state index < -0.39 is 17.6 Å². The smallest absolute Gasteiger partial charge is 0.376 e. The average Bonchev–Trinajstić information content (AvgIpc) is 3.31. The van der Waals surface area contributed by atoms with E-state index >= 15 is 0 Å². The molecule has 0 aliphatic heterocycles. The van der Waals surface area contributed by atoms with Crippen molar-refractivity contribution in [1.29, 1.82) is 0 Å². The van der Waals surface area contributed by atoms with Crippen LogP contribution in [0.4, 0.5) is 0 Å². The molecule has 0 saturated carbocycles. The Bertz CT molecular complexity index is 659. The van der Waals surface area contributed by atoms with Gasteiger partial charge in [0, 0.05) is 42.7 Å². The normalized spacial score (nSPS) is 14.2. The first-order chi connectivity index (χ1) is 15.0. The van der Waals surface area contributed by atoms with Crippen molar-refractivity contribution in [2.45, 2.75) is 36.4 Å². The highest BCUT2D eigenvalue weighted by molar-refractivity contribution is 8.77. The third-order valence-electron chi connectivity index (χ3n) is 4.76. The van der Waals surface area contributed by atoms with Crippen molar-refractivity contribution in [3.05, 3.63) is 29.8 Å². The molecule has 31 heavy (non-hydrogen) atoms. The van der Waals surface area contributed by atoms with Crippen molar-refractivity contribution in [3.8, 4) is 0 Å². The lowest BCUT2D eigenvalue weighted by Gasteiger charge is -2.34. The summed E-state index contributed by atoms with van der Waals surface area (Å²) in [6.07, 6.45) is 1.77. The maximum absolute atomic E-state index is 5.60. The summed E-state index contributed by atoms with van der Waals surface area (Å²) in [7, 11) is 7.90. The summed E-state index contributed by atoms with van der Waals surface area (Å²) >= 11 is 1.68. The third-order valence-corrected chi connectivity index (χ3v) is 17.8. The van der Waals surface area contributed by atoms with Crippen molar-refractivity contribution < 1.29 is 26.6 Å². The van der Waals surface area contributed by atoms with Crippen molar-refractivity contribution in [2.24, 2.45) is 0 Å². The van der Waals surface area contributed by atoms with E-state index in [4.69, 9.17) is 26.6 Å². The van der Waals surface area contributed by atoms with Gasteiger partial charge in [-0.3, -0.25) is 0 Å². The first-order valence-corrected chi connectivity index (χ1v) is 16.6. The molecular formula is C19H35NO6S3Si2. The molecule has 0 radical (unpaired) electrons. The molecule has 0 saturated heterocycles. The summed E-state index contributed by atoms with van der Waals surface area (Å²) in [6, 6.07) is 8.13. The Hall–Kier alpha value is 0.00377. The van der Waals surface area contributed by atoms with Crippen LogP contribution in [0.5, 0.6) is 0 Å². The summed E-state index contributed by atoms with van der Waals surface area (Å²) < 4.78 is 34.8. The number of hydrogen-bond donors (Lipinski definition) is 0. The zero-order valence-electron chi connectivity index (χ0n) is 19.6. The lowest BCUT2D eigenvalue weighted by molar-refractivity contribution is 0.120. The molecule has 0 fully saturated rings. The molecule has 0 aliphatic rings. The number of hydrogen-bond acceptors (Lipinski definition) is 10. The molecule has 0 aliphatic carbocycles. The van der Waals surface area contributed by atoms with Crippen LogP contribution in [0.3, 0.4) is 0 Å². The Labute approximate surface area is 200 Å². The number of nitrogens with zero attached hydrogens (tertiary/aromatic N) is 1. The minimum atomic E-state index is -2.68. The first-order valence-electron chi connectivity index (χ1n) is 9.87. The van der Waals surface area contributed by atoms with Crippen molar-refractivity contribution in [1.82, 2.24) is 4.98 Å². The summed E-state index contributed by atoms with van der Waals surface area (Å²) in [5.74, 6) is 0. The van der Waals surface area contributed by atoms with Crippen molar-refractivity contribution in [3.63, 3.8) is 0 Å². The SMILES string of the molecule is CCC(SSC(CC)[Si](OC)(OC)OC)[Si](OC)(OC)OC.c1ccc2scnc2c1. The van der Waals surface area contributed by atoms with Crippen molar-refractivity contribution in [2.75, 3.05) is 42.7 Å². The summed E-state index contributed by atoms with van der Waals surface area (Å²) in [6.45, 7) is 4.21. The second kappa shape index (κ2) is 15.0. The lowest BCUT2D eigenvalue weighted by atomic mass is 10.3. The topological polar surface area (TPSA) is 68.3 Å². The molecule has 0 spiro atoms. The number of aromatic nitrogens is 1. The number of para-hydroxylation sites is 1. The van der Waals surface area contributed by atoms with E-state index in [0.717, 1.165) is 18.4 Å². The first kappa shape index (κ1) is 29.0. The Balaban J connectivity index is 0.000000432. The van der Waals surface area contributed by atoms with Gasteiger partial charge in [-0.05, 0) is 25.0 Å². The van der Waals surface area contributed by atoms with Gasteiger partial charge in [-0.2, -0.15) is 0 Å². The quantitative estimate of drug-likeness (QED) is 0.264. The number of rotatable bonds is 13. The maximum Gasteiger partial charge on any atom is 0.514 e. The van der Waals surface area contributed by atoms with Gasteiger partial charge < -0.3 is 26.6 Å². The average molecular weight is 526 g/mol. The molecule has 2 rings (SSSR count). The van der Waals surface area contributed by atoms with Crippen LogP contribution in [0.1, 0.15) is 26.7 Å². The van der Waals surface area contributed by atoms with Gasteiger partial charge in [-0.15, -0.1) is 11.3 Å². The molecule has 2 unspecified atom stereocenters. The van der Waals surface area contributed by atoms with Gasteiger partial charge >= 0.3 is 17.6 Å². The molecule has 0 N–H and O–H groups in total. The Kier molecular flexibility index (Phi) is 14.1. The fourth-order valence-electron chi connectivity index (χ4n) is 2.98. The Morgan fingerprint density at radius 3 is 1.55 bits per heavy atom. The van der Waals surface area contributed by atoms with Crippen molar-refractivity contribution >= 4 is 60.8 Å². The van der Waals surface area contributed by atoms with E-state index in [-0.39, 0.29) is 9.75 Å². The van der Waals surface area contributed by atoms with E-state index in [2.05, 4.69) is 24.9 Å². The zero-order chi connectivity index (χ0) is 23.3. The minimum Gasteiger partial charge on any atom is -0.376 e. The Morgan fingerprint density at radius 2 is 1.19 bits per heavy atom. The van der Waals surface area contributed by atoms with E-state index in [0.29, 0.717) is 0 Å². The molecular weight excluding hydrogens is 491 g/mol. The largest absolute Gasteiger partial charge is 0.514 e. The molecule has 0 bridgehead atoms. The number of thiazole rings is 1. The molecule has 2 atom stereocenters. The molecule has 0 amide bonds. The second-order valence-corrected chi connectivity index (χ2v) is 16.9. The van der Waals surface area contributed by atoms with E-state index in [1.54, 1.807) is 75.6 Å². The second-order valence-electron chi connectivity index (χ2n) is 6.24. The Morgan fingerprint density at radius 1 is 0.774 bits per heavy atom. The van der Waals surface area contributed by atoms with Crippen LogP contribution in [0, 0.1) is 0 Å². The molecule has 1 aromatic carbocycles. The fourth-order valence-corrected chi connectivity index (χ4v) is 15.2. The van der Waals surface area contributed by atoms with E-state index in [1.807, 2.05) is 23.7 Å². The van der Waals surface area contributed by atoms with Crippen LogP contribution in [0.15, 0.2) is 29.8 Å². The minimum absolute atomic E-state index is 0.129. The van der Waals surface area contributed by atoms with Gasteiger partial charge in [0.2, 0.25) is 0 Å². The van der Waals surface area contributed by atoms with Gasteiger partial charge in [0.15, 0.2) is 0 Å². The van der Waals surface area contributed by atoms with Crippen LogP contribution >= 0.6 is 32.9 Å². The van der Waals surface area contributed by atoms with Gasteiger partial charge in [0.1, 0.15) is 0 Å². The van der Waals surface area contributed by atoms with Gasteiger partial charge in [-0.25, -0.2) is 4.98 Å². The standard InChI is InChI=1S/C12H30O6S2Si2.C7H5NS/c1-9-11(21(13-3,14-4)15-5)19-20-12(10-2)22(16-6,17-7)18-8;1-2-4-7-6(3-1)8-5-9-7/h11-12H,9-10H2,1-8H3;1-5H. The third kappa shape index (κ3) is 7.50. The fraction of sp³-hybridized carbons (Fsp3) is 0.632. The summed E-state index contributed by atoms with van der Waals surface area (Å²) in [5, 5.41) is 0. The summed E-state index contributed by atoms with van der Waals surface area (Å²) in [5.41, 5.74) is 2.97. The van der Waals surface area contributed by atoms with Crippen LogP contribution in [0.25, 0.3) is 10.2 Å². The number of fused-ring (bicyclic) bond motifs is 1. The highest BCUT2D eigenvalue weighted by Gasteiger charge is 2.51. The van der Waals surface area contributed by atoms with Crippen LogP contribution in [0.2, 0.25) is 0 Å². The monoisotopic (exact) mass is 525 g/mol. The lowest BCUT2D eigenvalue weighted by Crippen LogP contribution is -2.54.